The molecule has 3 rings (SSSR count). The third kappa shape index (κ3) is 6.05. The molecule has 14 heteroatoms. The summed E-state index contributed by atoms with van der Waals surface area (Å²) in [5.74, 6) is 0.191. The Balaban J connectivity index is 1.63. The van der Waals surface area contributed by atoms with Crippen LogP contribution in [0.1, 0.15) is 26.5 Å². The van der Waals surface area contributed by atoms with Crippen LogP contribution < -0.4 is 11.1 Å². The fourth-order valence-corrected chi connectivity index (χ4v) is 5.44. The van der Waals surface area contributed by atoms with E-state index in [0.29, 0.717) is 0 Å². The van der Waals surface area contributed by atoms with E-state index in [1.807, 2.05) is 0 Å². The lowest BCUT2D eigenvalue weighted by atomic mass is 9.87. The number of hydrogen-bond donors (Lipinski definition) is 2. The zero-order valence-electron chi connectivity index (χ0n) is 20.5. The number of carbonyl (C=O) groups excluding carboxylic acids is 4. The number of carbonyl (C=O) groups is 4. The molecule has 3 heterocycles. The predicted molar refractivity (Wildman–Crippen MR) is 137 cm³/mol. The Kier molecular flexibility index (Phi) is 8.49. The number of terminal acetylenes is 1. The molecule has 1 aromatic rings. The summed E-state index contributed by atoms with van der Waals surface area (Å²) in [5, 5.41) is 7.73. The molecule has 0 spiro atoms. The van der Waals surface area contributed by atoms with Gasteiger partial charge in [-0.15, -0.1) is 36.1 Å². The van der Waals surface area contributed by atoms with E-state index in [9.17, 15) is 19.2 Å². The van der Waals surface area contributed by atoms with E-state index in [2.05, 4.69) is 28.0 Å². The Morgan fingerprint density at radius 3 is 2.76 bits per heavy atom. The van der Waals surface area contributed by atoms with Crippen molar-refractivity contribution in [3.05, 3.63) is 23.7 Å². The SMILES string of the molecule is C#CCON=C(C(=O)NC1C(=O)N2CC(C=C)(C(=O)OCOC(=O)C(C)(C)C)CS[C@H]12)c1csc(N)n1. The summed E-state index contributed by atoms with van der Waals surface area (Å²) in [7, 11) is 0. The third-order valence-corrected chi connectivity index (χ3v) is 7.69. The van der Waals surface area contributed by atoms with Crippen molar-refractivity contribution in [1.82, 2.24) is 15.2 Å². The average Bonchev–Trinajstić information content (AvgIpc) is 3.29. The first-order valence-electron chi connectivity index (χ1n) is 11.0. The summed E-state index contributed by atoms with van der Waals surface area (Å²) in [6.45, 7) is 8.06. The number of esters is 2. The van der Waals surface area contributed by atoms with Crippen molar-refractivity contribution in [2.45, 2.75) is 32.2 Å². The molecule has 2 unspecified atom stereocenters. The van der Waals surface area contributed by atoms with Crippen LogP contribution in [0.3, 0.4) is 0 Å². The van der Waals surface area contributed by atoms with Crippen molar-refractivity contribution < 1.29 is 33.5 Å². The molecule has 0 saturated carbocycles. The number of aromatic nitrogens is 1. The standard InChI is InChI=1S/C23H27N5O7S2/c1-6-8-35-27-14(13-9-36-21(24)25-13)16(29)26-15-17(30)28-10-23(7-2,11-37-18(15)28)20(32)34-12-33-19(31)22(3,4)5/h1,7,9,15,18H,2,8,10-12H2,3-5H3,(H2,24,25)(H,26,29)/t15?,18-,23?/m1/s1. The monoisotopic (exact) mass is 549 g/mol. The molecule has 12 nitrogen and oxygen atoms in total. The quantitative estimate of drug-likeness (QED) is 0.0657. The topological polar surface area (TPSA) is 163 Å². The van der Waals surface area contributed by atoms with E-state index in [1.165, 1.54) is 28.1 Å². The molecular formula is C23H27N5O7S2. The van der Waals surface area contributed by atoms with Gasteiger partial charge in [0, 0.05) is 17.7 Å². The van der Waals surface area contributed by atoms with Crippen LogP contribution in [-0.4, -0.2) is 76.5 Å². The van der Waals surface area contributed by atoms with Crippen LogP contribution in [0.25, 0.3) is 0 Å². The van der Waals surface area contributed by atoms with Crippen LogP contribution >= 0.6 is 23.1 Å². The summed E-state index contributed by atoms with van der Waals surface area (Å²) < 4.78 is 10.2. The normalized spacial score (nSPS) is 23.1. The van der Waals surface area contributed by atoms with Crippen molar-refractivity contribution in [3.8, 4) is 12.3 Å². The van der Waals surface area contributed by atoms with Gasteiger partial charge in [0.25, 0.3) is 5.91 Å². The van der Waals surface area contributed by atoms with E-state index in [4.69, 9.17) is 26.5 Å². The third-order valence-electron chi connectivity index (χ3n) is 5.47. The molecule has 0 aliphatic carbocycles. The van der Waals surface area contributed by atoms with Crippen LogP contribution in [0, 0.1) is 23.2 Å². The molecule has 2 fully saturated rings. The molecule has 37 heavy (non-hydrogen) atoms. The van der Waals surface area contributed by atoms with Crippen molar-refractivity contribution in [3.63, 3.8) is 0 Å². The summed E-state index contributed by atoms with van der Waals surface area (Å²) in [6.07, 6.45) is 6.58. The Hall–Kier alpha value is -3.57. The second-order valence-corrected chi connectivity index (χ2v) is 11.2. The maximum atomic E-state index is 12.9. The first-order chi connectivity index (χ1) is 17.4. The number of hydrogen-bond acceptors (Lipinski definition) is 12. The van der Waals surface area contributed by atoms with Crippen LogP contribution in [0.2, 0.25) is 0 Å². The van der Waals surface area contributed by atoms with Crippen molar-refractivity contribution in [1.29, 1.82) is 0 Å². The molecule has 1 aromatic heterocycles. The molecule has 0 aromatic carbocycles. The maximum Gasteiger partial charge on any atom is 0.321 e. The van der Waals surface area contributed by atoms with E-state index >= 15 is 0 Å². The van der Waals surface area contributed by atoms with Gasteiger partial charge in [0.05, 0.1) is 5.41 Å². The molecule has 2 aliphatic rings. The van der Waals surface area contributed by atoms with Crippen molar-refractivity contribution in [2.75, 3.05) is 31.4 Å². The van der Waals surface area contributed by atoms with Gasteiger partial charge in [0.2, 0.25) is 12.7 Å². The van der Waals surface area contributed by atoms with Crippen LogP contribution in [0.5, 0.6) is 0 Å². The van der Waals surface area contributed by atoms with E-state index in [-0.39, 0.29) is 35.4 Å². The zero-order chi connectivity index (χ0) is 27.4. The van der Waals surface area contributed by atoms with Gasteiger partial charge in [-0.1, -0.05) is 17.2 Å². The number of thioether (sulfide) groups is 1. The number of β-lactam (4-membered cyclic amide) rings is 1. The van der Waals surface area contributed by atoms with Gasteiger partial charge in [0.15, 0.2) is 17.5 Å². The average molecular weight is 550 g/mol. The number of fused-ring (bicyclic) bond motifs is 1. The summed E-state index contributed by atoms with van der Waals surface area (Å²) >= 11 is 2.39. The van der Waals surface area contributed by atoms with Gasteiger partial charge in [-0.3, -0.25) is 19.2 Å². The number of anilines is 1. The Morgan fingerprint density at radius 1 is 1.43 bits per heavy atom. The number of oxime groups is 1. The molecule has 2 aliphatic heterocycles. The second kappa shape index (κ2) is 11.2. The van der Waals surface area contributed by atoms with Crippen LogP contribution in [0.15, 0.2) is 23.2 Å². The lowest BCUT2D eigenvalue weighted by Gasteiger charge is -2.53. The Labute approximate surface area is 221 Å². The highest BCUT2D eigenvalue weighted by Gasteiger charge is 2.57. The van der Waals surface area contributed by atoms with Gasteiger partial charge in [-0.25, -0.2) is 4.98 Å². The number of nitrogens with two attached hydrogens (primary N) is 1. The summed E-state index contributed by atoms with van der Waals surface area (Å²) in [5.41, 5.74) is 3.71. The number of amides is 2. The smallest absolute Gasteiger partial charge is 0.321 e. The molecular weight excluding hydrogens is 522 g/mol. The minimum Gasteiger partial charge on any atom is -0.427 e. The summed E-state index contributed by atoms with van der Waals surface area (Å²) in [4.78, 5) is 61.0. The first-order valence-corrected chi connectivity index (χ1v) is 12.9. The number of thiazole rings is 1. The predicted octanol–water partition coefficient (Wildman–Crippen LogP) is 0.742. The van der Waals surface area contributed by atoms with Crippen LogP contribution in [0.4, 0.5) is 5.13 Å². The van der Waals surface area contributed by atoms with E-state index in [0.717, 1.165) is 11.3 Å². The number of nitrogens with one attached hydrogen (secondary N) is 1. The molecule has 198 valence electrons. The number of nitrogen functional groups attached to an aromatic ring is 1. The highest BCUT2D eigenvalue weighted by atomic mass is 32.2. The Morgan fingerprint density at radius 2 is 2.16 bits per heavy atom. The Bertz CT molecular complexity index is 1170. The van der Waals surface area contributed by atoms with Crippen molar-refractivity contribution in [2.24, 2.45) is 16.0 Å². The van der Waals surface area contributed by atoms with Gasteiger partial charge in [0.1, 0.15) is 22.5 Å². The molecule has 3 atom stereocenters. The fourth-order valence-electron chi connectivity index (χ4n) is 3.37. The molecule has 0 bridgehead atoms. The number of rotatable bonds is 9. The second-order valence-electron chi connectivity index (χ2n) is 9.20. The number of nitrogens with zero attached hydrogens (tertiary/aromatic N) is 3. The molecule has 0 radical (unpaired) electrons. The van der Waals surface area contributed by atoms with E-state index in [1.54, 1.807) is 20.8 Å². The van der Waals surface area contributed by atoms with Gasteiger partial charge in [-0.2, -0.15) is 0 Å². The first kappa shape index (κ1) is 28.0. The molecule has 2 saturated heterocycles. The minimum absolute atomic E-state index is 0.000266. The van der Waals surface area contributed by atoms with E-state index < -0.39 is 52.8 Å². The molecule has 3 N–H and O–H groups in total. The lowest BCUT2D eigenvalue weighted by Crippen LogP contribution is -2.73. The number of ether oxygens (including phenoxy) is 2. The highest BCUT2D eigenvalue weighted by molar-refractivity contribution is 8.00. The zero-order valence-corrected chi connectivity index (χ0v) is 22.1. The van der Waals surface area contributed by atoms with Gasteiger partial charge in [-0.05, 0) is 20.8 Å². The summed E-state index contributed by atoms with van der Waals surface area (Å²) in [6, 6.07) is -0.863. The highest BCUT2D eigenvalue weighted by Crippen LogP contribution is 2.43. The largest absolute Gasteiger partial charge is 0.427 e. The van der Waals surface area contributed by atoms with Crippen LogP contribution in [-0.2, 0) is 33.5 Å². The lowest BCUT2D eigenvalue weighted by molar-refractivity contribution is -0.178. The van der Waals surface area contributed by atoms with Crippen molar-refractivity contribution >= 4 is 57.7 Å². The molecule has 2 amide bonds. The van der Waals surface area contributed by atoms with Gasteiger partial charge >= 0.3 is 11.9 Å². The maximum absolute atomic E-state index is 12.9. The minimum atomic E-state index is -1.20. The van der Waals surface area contributed by atoms with Gasteiger partial charge < -0.3 is 30.3 Å². The fraction of sp³-hybridized carbons (Fsp3) is 0.478.